The van der Waals surface area contributed by atoms with Gasteiger partial charge >= 0.3 is 5.97 Å². The molecule has 0 saturated carbocycles. The summed E-state index contributed by atoms with van der Waals surface area (Å²) in [6.45, 7) is 0.353. The molecule has 0 bridgehead atoms. The quantitative estimate of drug-likeness (QED) is 0.723. The molecule has 1 aromatic heterocycles. The number of carbonyl (C=O) groups is 1. The molecule has 0 fully saturated rings. The van der Waals surface area contributed by atoms with Crippen LogP contribution in [-0.4, -0.2) is 24.7 Å². The Morgan fingerprint density at radius 3 is 2.93 bits per heavy atom. The van der Waals surface area contributed by atoms with Crippen molar-refractivity contribution in [3.05, 3.63) is 23.7 Å². The normalized spacial score (nSPS) is 12.7. The molecule has 0 amide bonds. The van der Waals surface area contributed by atoms with E-state index in [1.165, 1.54) is 0 Å². The fourth-order valence-electron chi connectivity index (χ4n) is 1.14. The molecule has 78 valence electrons. The Kier molecular flexibility index (Phi) is 3.67. The molecule has 1 rings (SSSR count). The first kappa shape index (κ1) is 10.7. The van der Waals surface area contributed by atoms with Crippen LogP contribution in [0.5, 0.6) is 0 Å². The van der Waals surface area contributed by atoms with Crippen LogP contribution in [0.4, 0.5) is 0 Å². The summed E-state index contributed by atoms with van der Waals surface area (Å²) in [6, 6.07) is 3.30. The molecule has 1 unspecified atom stereocenters. The van der Waals surface area contributed by atoms with E-state index in [0.29, 0.717) is 18.1 Å². The summed E-state index contributed by atoms with van der Waals surface area (Å²) in [6.07, 6.45) is 0. The van der Waals surface area contributed by atoms with Gasteiger partial charge in [0.15, 0.2) is 0 Å². The van der Waals surface area contributed by atoms with Crippen molar-refractivity contribution >= 4 is 5.97 Å². The molecule has 0 spiro atoms. The second kappa shape index (κ2) is 4.78. The summed E-state index contributed by atoms with van der Waals surface area (Å²) in [5.74, 6) is -0.791. The minimum Gasteiger partial charge on any atom is -0.481 e. The molecule has 0 aliphatic heterocycles. The van der Waals surface area contributed by atoms with Crippen LogP contribution in [0.25, 0.3) is 0 Å². The second-order valence-electron chi connectivity index (χ2n) is 2.86. The average Bonchev–Trinajstić information content (AvgIpc) is 2.54. The van der Waals surface area contributed by atoms with Gasteiger partial charge in [0.25, 0.3) is 0 Å². The molecular formula is C9H13NO4. The minimum absolute atomic E-state index is 0.0231. The third-order valence-corrected chi connectivity index (χ3v) is 1.85. The lowest BCUT2D eigenvalue weighted by molar-refractivity contribution is -0.138. The number of carboxylic acids is 1. The number of rotatable bonds is 5. The molecular weight excluding hydrogens is 186 g/mol. The lowest BCUT2D eigenvalue weighted by Gasteiger charge is -2.05. The van der Waals surface area contributed by atoms with Gasteiger partial charge in [0.1, 0.15) is 24.0 Å². The summed E-state index contributed by atoms with van der Waals surface area (Å²) in [4.78, 5) is 10.7. The van der Waals surface area contributed by atoms with Gasteiger partial charge in [-0.15, -0.1) is 0 Å². The van der Waals surface area contributed by atoms with E-state index < -0.39 is 11.9 Å². The highest BCUT2D eigenvalue weighted by atomic mass is 16.5. The Morgan fingerprint density at radius 2 is 2.43 bits per heavy atom. The number of nitrogens with two attached hydrogens (primary N) is 1. The fourth-order valence-corrected chi connectivity index (χ4v) is 1.14. The van der Waals surface area contributed by atoms with E-state index in [1.54, 1.807) is 19.2 Å². The predicted octanol–water partition coefficient (Wildman–Crippen LogP) is 0.553. The number of carboxylic acid groups (broad SMARTS) is 1. The van der Waals surface area contributed by atoms with Crippen molar-refractivity contribution in [3.8, 4) is 0 Å². The van der Waals surface area contributed by atoms with Crippen molar-refractivity contribution in [1.82, 2.24) is 0 Å². The second-order valence-corrected chi connectivity index (χ2v) is 2.86. The van der Waals surface area contributed by atoms with Crippen molar-refractivity contribution in [1.29, 1.82) is 0 Å². The zero-order chi connectivity index (χ0) is 10.6. The molecule has 5 nitrogen and oxygen atoms in total. The van der Waals surface area contributed by atoms with Crippen LogP contribution in [-0.2, 0) is 16.1 Å². The van der Waals surface area contributed by atoms with Crippen LogP contribution in [0.2, 0.25) is 0 Å². The maximum atomic E-state index is 10.7. The number of ether oxygens (including phenoxy) is 1. The van der Waals surface area contributed by atoms with Gasteiger partial charge in [0.05, 0.1) is 0 Å². The first-order chi connectivity index (χ1) is 6.69. The Hall–Kier alpha value is -1.33. The van der Waals surface area contributed by atoms with Crippen LogP contribution in [0.15, 0.2) is 16.5 Å². The monoisotopic (exact) mass is 199 g/mol. The predicted molar refractivity (Wildman–Crippen MR) is 48.9 cm³/mol. The van der Waals surface area contributed by atoms with Gasteiger partial charge in [0.2, 0.25) is 0 Å². The Labute approximate surface area is 81.5 Å². The lowest BCUT2D eigenvalue weighted by Crippen LogP contribution is -2.20. The molecule has 1 aromatic rings. The number of methoxy groups -OCH3 is 1. The summed E-state index contributed by atoms with van der Waals surface area (Å²) in [7, 11) is 1.54. The van der Waals surface area contributed by atoms with Crippen molar-refractivity contribution < 1.29 is 19.1 Å². The highest BCUT2D eigenvalue weighted by molar-refractivity contribution is 5.75. The molecule has 1 heterocycles. The molecule has 0 aliphatic rings. The molecule has 0 aromatic carbocycles. The molecule has 3 N–H and O–H groups in total. The fraction of sp³-hybridized carbons (Fsp3) is 0.444. The van der Waals surface area contributed by atoms with Crippen LogP contribution < -0.4 is 5.73 Å². The maximum absolute atomic E-state index is 10.7. The third-order valence-electron chi connectivity index (χ3n) is 1.85. The SMILES string of the molecule is COCc1ccc(C(CN)C(=O)O)o1. The molecule has 0 radical (unpaired) electrons. The van der Waals surface area contributed by atoms with Crippen LogP contribution >= 0.6 is 0 Å². The highest BCUT2D eigenvalue weighted by Crippen LogP contribution is 2.18. The van der Waals surface area contributed by atoms with Gasteiger partial charge in [0, 0.05) is 13.7 Å². The van der Waals surface area contributed by atoms with Gasteiger partial charge in [-0.25, -0.2) is 0 Å². The number of hydrogen-bond acceptors (Lipinski definition) is 4. The number of hydrogen-bond donors (Lipinski definition) is 2. The smallest absolute Gasteiger partial charge is 0.315 e. The van der Waals surface area contributed by atoms with E-state index >= 15 is 0 Å². The summed E-state index contributed by atoms with van der Waals surface area (Å²) in [5, 5.41) is 8.79. The zero-order valence-electron chi connectivity index (χ0n) is 7.90. The first-order valence-electron chi connectivity index (χ1n) is 4.19. The van der Waals surface area contributed by atoms with Crippen LogP contribution in [0.1, 0.15) is 17.4 Å². The van der Waals surface area contributed by atoms with Gasteiger partial charge < -0.3 is 20.0 Å². The lowest BCUT2D eigenvalue weighted by atomic mass is 10.1. The first-order valence-corrected chi connectivity index (χ1v) is 4.19. The topological polar surface area (TPSA) is 85.7 Å². The number of furan rings is 1. The highest BCUT2D eigenvalue weighted by Gasteiger charge is 2.21. The van der Waals surface area contributed by atoms with Gasteiger partial charge in [-0.3, -0.25) is 4.79 Å². The Morgan fingerprint density at radius 1 is 1.71 bits per heavy atom. The molecule has 0 aliphatic carbocycles. The molecule has 5 heteroatoms. The largest absolute Gasteiger partial charge is 0.481 e. The van der Waals surface area contributed by atoms with Crippen molar-refractivity contribution in [2.24, 2.45) is 5.73 Å². The summed E-state index contributed by atoms with van der Waals surface area (Å²) >= 11 is 0. The van der Waals surface area contributed by atoms with Crippen LogP contribution in [0, 0.1) is 0 Å². The minimum atomic E-state index is -0.981. The average molecular weight is 199 g/mol. The Bertz CT molecular complexity index is 308. The van der Waals surface area contributed by atoms with E-state index in [-0.39, 0.29) is 6.54 Å². The van der Waals surface area contributed by atoms with Crippen molar-refractivity contribution in [2.45, 2.75) is 12.5 Å². The number of aliphatic carboxylic acids is 1. The molecule has 14 heavy (non-hydrogen) atoms. The third kappa shape index (κ3) is 2.34. The standard InChI is InChI=1S/C9H13NO4/c1-13-5-6-2-3-8(14-6)7(4-10)9(11)12/h2-3,7H,4-5,10H2,1H3,(H,11,12). The van der Waals surface area contributed by atoms with Crippen molar-refractivity contribution in [2.75, 3.05) is 13.7 Å². The summed E-state index contributed by atoms with van der Waals surface area (Å²) < 4.78 is 10.1. The van der Waals surface area contributed by atoms with E-state index in [2.05, 4.69) is 0 Å². The summed E-state index contributed by atoms with van der Waals surface area (Å²) in [5.41, 5.74) is 5.32. The van der Waals surface area contributed by atoms with Gasteiger partial charge in [-0.05, 0) is 12.1 Å². The van der Waals surface area contributed by atoms with Crippen molar-refractivity contribution in [3.63, 3.8) is 0 Å². The van der Waals surface area contributed by atoms with E-state index in [0.717, 1.165) is 0 Å². The molecule has 1 atom stereocenters. The van der Waals surface area contributed by atoms with E-state index in [1.807, 2.05) is 0 Å². The van der Waals surface area contributed by atoms with E-state index in [4.69, 9.17) is 20.0 Å². The van der Waals surface area contributed by atoms with Gasteiger partial charge in [-0.1, -0.05) is 0 Å². The molecule has 0 saturated heterocycles. The van der Waals surface area contributed by atoms with Gasteiger partial charge in [-0.2, -0.15) is 0 Å². The maximum Gasteiger partial charge on any atom is 0.315 e. The zero-order valence-corrected chi connectivity index (χ0v) is 7.90. The Balaban J connectivity index is 2.78. The van der Waals surface area contributed by atoms with Crippen LogP contribution in [0.3, 0.4) is 0 Å². The van der Waals surface area contributed by atoms with E-state index in [9.17, 15) is 4.79 Å².